The predicted molar refractivity (Wildman–Crippen MR) is 376 cm³/mol. The van der Waals surface area contributed by atoms with E-state index in [0.717, 1.165) is 111 Å². The molecule has 0 aliphatic heterocycles. The first kappa shape index (κ1) is 54.7. The second kappa shape index (κ2) is 24.8. The van der Waals surface area contributed by atoms with Crippen molar-refractivity contribution in [3.63, 3.8) is 0 Å². The van der Waals surface area contributed by atoms with E-state index in [-0.39, 0.29) is 0 Å². The molecule has 15 aromatic rings. The maximum atomic E-state index is 5.37. The highest BCUT2D eigenvalue weighted by Gasteiger charge is 2.18. The van der Waals surface area contributed by atoms with Crippen molar-refractivity contribution in [3.05, 3.63) is 358 Å². The summed E-state index contributed by atoms with van der Waals surface area (Å²) in [5.41, 5.74) is 27.8. The molecule has 0 aliphatic carbocycles. The molecular weight excluding hydrogens is 1090 g/mol. The zero-order valence-electron chi connectivity index (χ0n) is 49.4. The van der Waals surface area contributed by atoms with Gasteiger partial charge in [0.05, 0.1) is 0 Å². The third-order valence-corrected chi connectivity index (χ3v) is 16.9. The fourth-order valence-electron chi connectivity index (χ4n) is 12.2. The molecule has 422 valence electrons. The maximum absolute atomic E-state index is 5.37. The van der Waals surface area contributed by atoms with Crippen LogP contribution in [0.2, 0.25) is 0 Å². The number of benzene rings is 14. The lowest BCUT2D eigenvalue weighted by molar-refractivity contribution is 1.07. The van der Waals surface area contributed by atoms with E-state index >= 15 is 0 Å². The van der Waals surface area contributed by atoms with Gasteiger partial charge in [-0.3, -0.25) is 0 Å². The topological polar surface area (TPSA) is 38.7 Å². The van der Waals surface area contributed by atoms with Crippen LogP contribution < -0.4 is 0 Å². The Labute approximate surface area is 526 Å². The minimum atomic E-state index is 0.587. The lowest BCUT2D eigenvalue weighted by Gasteiger charge is -2.14. The molecule has 0 fully saturated rings. The third kappa shape index (κ3) is 11.9. The van der Waals surface area contributed by atoms with Gasteiger partial charge in [-0.1, -0.05) is 279 Å². The van der Waals surface area contributed by atoms with Crippen LogP contribution >= 0.6 is 0 Å². The third-order valence-electron chi connectivity index (χ3n) is 16.9. The van der Waals surface area contributed by atoms with Crippen LogP contribution in [-0.4, -0.2) is 15.0 Å². The largest absolute Gasteiger partial charge is 0.208 e. The van der Waals surface area contributed by atoms with Crippen molar-refractivity contribution in [2.45, 2.75) is 0 Å². The van der Waals surface area contributed by atoms with Gasteiger partial charge in [-0.25, -0.2) is 15.0 Å². The summed E-state index contributed by atoms with van der Waals surface area (Å²) in [6.45, 7) is 0. The van der Waals surface area contributed by atoms with Crippen molar-refractivity contribution in [2.24, 2.45) is 0 Å². The highest BCUT2D eigenvalue weighted by Crippen LogP contribution is 2.40. The van der Waals surface area contributed by atoms with Crippen molar-refractivity contribution in [1.29, 1.82) is 0 Å². The Kier molecular flexibility index (Phi) is 15.1. The lowest BCUT2D eigenvalue weighted by atomic mass is 9.92. The van der Waals surface area contributed by atoms with E-state index in [1.54, 1.807) is 0 Å². The van der Waals surface area contributed by atoms with Crippen LogP contribution in [0.1, 0.15) is 0 Å². The zero-order valence-corrected chi connectivity index (χ0v) is 49.4. The fourth-order valence-corrected chi connectivity index (χ4v) is 12.2. The first-order valence-electron chi connectivity index (χ1n) is 30.6. The molecule has 0 bridgehead atoms. The van der Waals surface area contributed by atoms with Crippen LogP contribution in [0, 0.1) is 0 Å². The summed E-state index contributed by atoms with van der Waals surface area (Å²) in [6, 6.07) is 128. The Morgan fingerprint density at radius 2 is 0.244 bits per heavy atom. The van der Waals surface area contributed by atoms with Crippen molar-refractivity contribution < 1.29 is 0 Å². The van der Waals surface area contributed by atoms with E-state index in [1.165, 1.54) is 27.8 Å². The Morgan fingerprint density at radius 3 is 0.500 bits per heavy atom. The number of rotatable bonds is 14. The second-order valence-corrected chi connectivity index (χ2v) is 22.8. The van der Waals surface area contributed by atoms with Crippen molar-refractivity contribution in [3.8, 4) is 157 Å². The van der Waals surface area contributed by atoms with Gasteiger partial charge in [0.1, 0.15) is 0 Å². The molecular formula is C87H59N3. The molecule has 0 unspecified atom stereocenters. The van der Waals surface area contributed by atoms with E-state index in [4.69, 9.17) is 15.0 Å². The molecule has 3 nitrogen and oxygen atoms in total. The van der Waals surface area contributed by atoms with Gasteiger partial charge >= 0.3 is 0 Å². The smallest absolute Gasteiger partial charge is 0.164 e. The summed E-state index contributed by atoms with van der Waals surface area (Å²) in [6.07, 6.45) is 0. The van der Waals surface area contributed by atoms with Gasteiger partial charge in [0.15, 0.2) is 17.5 Å². The summed E-state index contributed by atoms with van der Waals surface area (Å²) < 4.78 is 0. The molecule has 1 aromatic heterocycles. The molecule has 1 heterocycles. The van der Waals surface area contributed by atoms with Crippen molar-refractivity contribution in [2.75, 3.05) is 0 Å². The maximum Gasteiger partial charge on any atom is 0.164 e. The van der Waals surface area contributed by atoms with Crippen LogP contribution in [-0.2, 0) is 0 Å². The van der Waals surface area contributed by atoms with Crippen LogP contribution in [0.25, 0.3) is 157 Å². The molecule has 0 radical (unpaired) electrons. The Morgan fingerprint density at radius 1 is 0.100 bits per heavy atom. The number of aromatic nitrogens is 3. The molecule has 14 aromatic carbocycles. The summed E-state index contributed by atoms with van der Waals surface area (Å²) >= 11 is 0. The number of hydrogen-bond acceptors (Lipinski definition) is 3. The van der Waals surface area contributed by atoms with Gasteiger partial charge in [0.2, 0.25) is 0 Å². The molecule has 0 amide bonds. The van der Waals surface area contributed by atoms with Gasteiger partial charge in [-0.05, 0) is 201 Å². The second-order valence-electron chi connectivity index (χ2n) is 22.8. The van der Waals surface area contributed by atoms with Crippen LogP contribution in [0.4, 0.5) is 0 Å². The SMILES string of the molecule is c1ccc(-c2cc(-c3ccccc3)cc(-c3cccc(-c4cccc(-c5ccc(-c6nc(-c7cccc(-c8cc(-c9ccccc9)cc(-c9ccccc9)c8)c7)nc(-c7cccc(-c8cc(-c9ccccc9)cc(-c9ccccc9)c8)c7)n6)cc5)c4)c3)c2)cc1. The monoisotopic (exact) mass is 1150 g/mol. The van der Waals surface area contributed by atoms with Gasteiger partial charge in [-0.2, -0.15) is 0 Å². The summed E-state index contributed by atoms with van der Waals surface area (Å²) in [7, 11) is 0. The van der Waals surface area contributed by atoms with Crippen LogP contribution in [0.15, 0.2) is 358 Å². The van der Waals surface area contributed by atoms with Crippen molar-refractivity contribution >= 4 is 0 Å². The molecule has 0 atom stereocenters. The lowest BCUT2D eigenvalue weighted by Crippen LogP contribution is -2.00. The summed E-state index contributed by atoms with van der Waals surface area (Å²) in [5.74, 6) is 1.76. The normalized spacial score (nSPS) is 11.1. The van der Waals surface area contributed by atoms with Gasteiger partial charge in [0, 0.05) is 16.7 Å². The van der Waals surface area contributed by atoms with E-state index in [0.29, 0.717) is 17.5 Å². The predicted octanol–water partition coefficient (Wildman–Crippen LogP) is 23.2. The van der Waals surface area contributed by atoms with Gasteiger partial charge in [-0.15, -0.1) is 0 Å². The molecule has 15 rings (SSSR count). The number of hydrogen-bond donors (Lipinski definition) is 0. The molecule has 90 heavy (non-hydrogen) atoms. The summed E-state index contributed by atoms with van der Waals surface area (Å²) in [4.78, 5) is 16.1. The number of nitrogens with zero attached hydrogens (tertiary/aromatic N) is 3. The molecule has 3 heteroatoms. The Hall–Kier alpha value is -11.9. The van der Waals surface area contributed by atoms with Crippen LogP contribution in [0.5, 0.6) is 0 Å². The first-order chi connectivity index (χ1) is 44.5. The fraction of sp³-hybridized carbons (Fsp3) is 0. The molecule has 0 spiro atoms. The average Bonchev–Trinajstić information content (AvgIpc) is 2.32. The standard InChI is InChI=1S/C87H59N3/c1-7-23-60(24-8-1)76-51-77(61-25-9-2-10-26-61)55-82(54-76)71-38-20-37-70(48-71)69-36-19-35-68(47-69)66-43-45-67(46-44-66)85-88-86(74-41-21-39-72(49-74)83-56-78(62-27-11-3-12-28-62)52-79(57-83)63-29-13-4-14-30-63)90-87(89-85)75-42-22-40-73(50-75)84-58-80(64-31-15-5-16-32-64)53-81(59-84)65-33-17-6-18-34-65/h1-59H. The molecule has 0 saturated carbocycles. The molecule has 0 N–H and O–H groups in total. The minimum Gasteiger partial charge on any atom is -0.208 e. The van der Waals surface area contributed by atoms with E-state index < -0.39 is 0 Å². The summed E-state index contributed by atoms with van der Waals surface area (Å²) in [5, 5.41) is 0. The molecule has 0 aliphatic rings. The van der Waals surface area contributed by atoms with E-state index in [2.05, 4.69) is 358 Å². The highest BCUT2D eigenvalue weighted by molar-refractivity contribution is 5.87. The average molecular weight is 1150 g/mol. The Balaban J connectivity index is 0.805. The zero-order chi connectivity index (χ0) is 60.0. The van der Waals surface area contributed by atoms with Crippen LogP contribution in [0.3, 0.4) is 0 Å². The first-order valence-corrected chi connectivity index (χ1v) is 30.6. The minimum absolute atomic E-state index is 0.587. The quantitative estimate of drug-likeness (QED) is 0.109. The Bertz CT molecular complexity index is 4650. The van der Waals surface area contributed by atoms with E-state index in [9.17, 15) is 0 Å². The van der Waals surface area contributed by atoms with Gasteiger partial charge in [0.25, 0.3) is 0 Å². The van der Waals surface area contributed by atoms with Crippen molar-refractivity contribution in [1.82, 2.24) is 15.0 Å². The van der Waals surface area contributed by atoms with E-state index in [1.807, 2.05) is 0 Å². The van der Waals surface area contributed by atoms with Gasteiger partial charge < -0.3 is 0 Å². The molecule has 0 saturated heterocycles. The highest BCUT2D eigenvalue weighted by atomic mass is 15.0.